The Morgan fingerprint density at radius 2 is 0.667 bits per heavy atom. The molecule has 0 aliphatic heterocycles. The lowest BCUT2D eigenvalue weighted by Gasteiger charge is -2.33. The van der Waals surface area contributed by atoms with Crippen LogP contribution in [0.2, 0.25) is 0 Å². The van der Waals surface area contributed by atoms with Gasteiger partial charge in [0, 0.05) is 34.0 Å². The Morgan fingerprint density at radius 1 is 0.238 bits per heavy atom. The van der Waals surface area contributed by atoms with E-state index in [0.29, 0.717) is 0 Å². The maximum absolute atomic E-state index is 2.49. The van der Waals surface area contributed by atoms with Gasteiger partial charge in [0.05, 0.1) is 11.1 Å². The van der Waals surface area contributed by atoms with Gasteiger partial charge in [-0.3, -0.25) is 0 Å². The van der Waals surface area contributed by atoms with Crippen molar-refractivity contribution in [2.75, 3.05) is 9.80 Å². The number of anilines is 6. The van der Waals surface area contributed by atoms with Gasteiger partial charge in [-0.25, -0.2) is 0 Å². The first-order valence-corrected chi connectivity index (χ1v) is 21.8. The fourth-order valence-corrected chi connectivity index (χ4v) is 10.5. The molecule has 0 aromatic heterocycles. The summed E-state index contributed by atoms with van der Waals surface area (Å²) in [6, 6.07) is 93.1. The highest BCUT2D eigenvalue weighted by atomic mass is 15.1. The van der Waals surface area contributed by atoms with Crippen LogP contribution in [0.5, 0.6) is 0 Å². The first-order chi connectivity index (χ1) is 31.3. The van der Waals surface area contributed by atoms with Crippen molar-refractivity contribution in [2.24, 2.45) is 0 Å². The normalized spacial score (nSPS) is 14.1. The van der Waals surface area contributed by atoms with Crippen molar-refractivity contribution in [1.29, 1.82) is 0 Å². The first-order valence-electron chi connectivity index (χ1n) is 21.8. The summed E-state index contributed by atoms with van der Waals surface area (Å²) >= 11 is 0. The minimum Gasteiger partial charge on any atom is -0.311 e. The number of nitrogens with zero attached hydrogens (tertiary/aromatic N) is 2. The van der Waals surface area contributed by atoms with Crippen LogP contribution >= 0.6 is 0 Å². The maximum atomic E-state index is 2.49. The van der Waals surface area contributed by atoms with Crippen LogP contribution in [0.4, 0.5) is 34.1 Å². The minimum atomic E-state index is -0.525. The molecule has 0 fully saturated rings. The highest BCUT2D eigenvalue weighted by Gasteiger charge is 2.52. The second-order valence-electron chi connectivity index (χ2n) is 16.4. The summed E-state index contributed by atoms with van der Waals surface area (Å²) in [5.74, 6) is 0. The van der Waals surface area contributed by atoms with Crippen molar-refractivity contribution < 1.29 is 0 Å². The largest absolute Gasteiger partial charge is 0.311 e. The minimum absolute atomic E-state index is 0.525. The predicted octanol–water partition coefficient (Wildman–Crippen LogP) is 16.3. The molecule has 1 atom stereocenters. The second kappa shape index (κ2) is 15.1. The monoisotopic (exact) mass is 802 g/mol. The summed E-state index contributed by atoms with van der Waals surface area (Å²) in [6.07, 6.45) is 0. The fraction of sp³-hybridized carbons (Fsp3) is 0.0164. The number of para-hydroxylation sites is 4. The molecule has 12 rings (SSSR count). The van der Waals surface area contributed by atoms with Gasteiger partial charge >= 0.3 is 0 Å². The number of hydrogen-bond donors (Lipinski definition) is 0. The average molecular weight is 803 g/mol. The Hall–Kier alpha value is -8.20. The zero-order chi connectivity index (χ0) is 41.7. The molecular weight excluding hydrogens is 761 g/mol. The molecule has 10 aromatic carbocycles. The van der Waals surface area contributed by atoms with Gasteiger partial charge in [0.15, 0.2) is 0 Å². The highest BCUT2D eigenvalue weighted by Crippen LogP contribution is 2.64. The lowest BCUT2D eigenvalue weighted by atomic mass is 9.70. The van der Waals surface area contributed by atoms with E-state index in [-0.39, 0.29) is 0 Å². The van der Waals surface area contributed by atoms with Gasteiger partial charge in [0.1, 0.15) is 0 Å². The predicted molar refractivity (Wildman–Crippen MR) is 263 cm³/mol. The molecule has 0 saturated heterocycles. The molecule has 2 heteroatoms. The summed E-state index contributed by atoms with van der Waals surface area (Å²) < 4.78 is 0. The molecule has 1 unspecified atom stereocenters. The fourth-order valence-electron chi connectivity index (χ4n) is 10.5. The zero-order valence-corrected chi connectivity index (χ0v) is 34.6. The number of benzene rings is 10. The average Bonchev–Trinajstić information content (AvgIpc) is 3.83. The Labute approximate surface area is 369 Å². The smallest absolute Gasteiger partial charge is 0.0726 e. The van der Waals surface area contributed by atoms with Gasteiger partial charge in [-0.05, 0) is 128 Å². The van der Waals surface area contributed by atoms with Crippen molar-refractivity contribution in [2.45, 2.75) is 5.41 Å². The van der Waals surface area contributed by atoms with Crippen LogP contribution in [0.3, 0.4) is 0 Å². The van der Waals surface area contributed by atoms with Crippen molar-refractivity contribution in [3.63, 3.8) is 0 Å². The topological polar surface area (TPSA) is 6.48 Å². The van der Waals surface area contributed by atoms with Crippen LogP contribution in [0.15, 0.2) is 255 Å². The van der Waals surface area contributed by atoms with E-state index in [1.54, 1.807) is 0 Å². The van der Waals surface area contributed by atoms with Gasteiger partial charge in [-0.2, -0.15) is 0 Å². The van der Waals surface area contributed by atoms with E-state index in [1.165, 1.54) is 66.8 Å². The third-order valence-electron chi connectivity index (χ3n) is 13.1. The molecule has 10 aromatic rings. The van der Waals surface area contributed by atoms with Gasteiger partial charge in [0.2, 0.25) is 0 Å². The number of fused-ring (bicyclic) bond motifs is 10. The van der Waals surface area contributed by atoms with Gasteiger partial charge in [-0.15, -0.1) is 0 Å². The third-order valence-corrected chi connectivity index (χ3v) is 13.1. The quantitative estimate of drug-likeness (QED) is 0.151. The number of rotatable bonds is 8. The van der Waals surface area contributed by atoms with Crippen molar-refractivity contribution in [3.8, 4) is 44.5 Å². The van der Waals surface area contributed by atoms with E-state index in [4.69, 9.17) is 0 Å². The summed E-state index contributed by atoms with van der Waals surface area (Å²) in [7, 11) is 0. The van der Waals surface area contributed by atoms with E-state index in [2.05, 4.69) is 265 Å². The molecule has 0 amide bonds. The van der Waals surface area contributed by atoms with Gasteiger partial charge < -0.3 is 9.80 Å². The van der Waals surface area contributed by atoms with Crippen LogP contribution in [0.1, 0.15) is 22.3 Å². The van der Waals surface area contributed by atoms with Crippen molar-refractivity contribution >= 4 is 34.1 Å². The highest BCUT2D eigenvalue weighted by molar-refractivity contribution is 6.01. The molecule has 2 aliphatic carbocycles. The van der Waals surface area contributed by atoms with E-state index in [9.17, 15) is 0 Å². The van der Waals surface area contributed by atoms with Crippen LogP contribution in [-0.2, 0) is 5.41 Å². The summed E-state index contributed by atoms with van der Waals surface area (Å²) in [4.78, 5) is 4.76. The van der Waals surface area contributed by atoms with Crippen molar-refractivity contribution in [3.05, 3.63) is 277 Å². The van der Waals surface area contributed by atoms with Gasteiger partial charge in [0.25, 0.3) is 0 Å². The maximum Gasteiger partial charge on any atom is 0.0726 e. The lowest BCUT2D eigenvalue weighted by molar-refractivity contribution is 0.794. The molecule has 2 nitrogen and oxygen atoms in total. The first kappa shape index (κ1) is 36.6. The van der Waals surface area contributed by atoms with Crippen LogP contribution in [0, 0.1) is 0 Å². The van der Waals surface area contributed by atoms with Crippen LogP contribution in [-0.4, -0.2) is 0 Å². The van der Waals surface area contributed by atoms with E-state index in [0.717, 1.165) is 34.1 Å². The van der Waals surface area contributed by atoms with E-state index in [1.807, 2.05) is 0 Å². The van der Waals surface area contributed by atoms with E-state index < -0.39 is 5.41 Å². The van der Waals surface area contributed by atoms with Crippen LogP contribution in [0.25, 0.3) is 44.5 Å². The standard InChI is InChI=1S/C61H42N2/c1-5-20-43(21-6-1)50-28-15-18-35-59(50)63(47-26-11-4-12-27-47)49-40-41-53-52-29-13-16-32-55(52)61(58(53)42-49)56-33-17-14-30-54(56)60-51(31-19-34-57(60)61)44-36-38-48(39-37-44)62(45-22-7-2-8-23-45)46-24-9-3-10-25-46/h1-42H. The summed E-state index contributed by atoms with van der Waals surface area (Å²) in [6.45, 7) is 0. The SMILES string of the molecule is c1ccc(-c2ccccc2N(c2ccccc2)c2ccc3c(c2)C2(c4ccccc4-3)c3ccccc3-c3c(-c4ccc(N(c5ccccc5)c5ccccc5)cc4)cccc32)cc1. The molecule has 63 heavy (non-hydrogen) atoms. The Balaban J connectivity index is 1.05. The molecule has 1 spiro atoms. The lowest BCUT2D eigenvalue weighted by Crippen LogP contribution is -2.26. The molecule has 0 radical (unpaired) electrons. The molecule has 0 N–H and O–H groups in total. The molecular formula is C61H42N2. The van der Waals surface area contributed by atoms with Gasteiger partial charge in [-0.1, -0.05) is 188 Å². The second-order valence-corrected chi connectivity index (χ2v) is 16.4. The molecule has 0 bridgehead atoms. The summed E-state index contributed by atoms with van der Waals surface area (Å²) in [5.41, 5.74) is 21.4. The molecule has 0 saturated carbocycles. The summed E-state index contributed by atoms with van der Waals surface area (Å²) in [5, 5.41) is 0. The number of hydrogen-bond acceptors (Lipinski definition) is 2. The van der Waals surface area contributed by atoms with Crippen molar-refractivity contribution in [1.82, 2.24) is 0 Å². The molecule has 0 heterocycles. The Bertz CT molecular complexity index is 3230. The van der Waals surface area contributed by atoms with E-state index >= 15 is 0 Å². The zero-order valence-electron chi connectivity index (χ0n) is 34.6. The Morgan fingerprint density at radius 3 is 1.32 bits per heavy atom. The Kier molecular flexibility index (Phi) is 8.76. The molecule has 296 valence electrons. The van der Waals surface area contributed by atoms with Crippen LogP contribution < -0.4 is 9.80 Å². The third kappa shape index (κ3) is 5.80. The molecule has 2 aliphatic rings.